The predicted octanol–water partition coefficient (Wildman–Crippen LogP) is 2.47. The van der Waals surface area contributed by atoms with Crippen LogP contribution in [0.3, 0.4) is 0 Å². The van der Waals surface area contributed by atoms with E-state index < -0.39 is 0 Å². The summed E-state index contributed by atoms with van der Waals surface area (Å²) >= 11 is 0. The summed E-state index contributed by atoms with van der Waals surface area (Å²) in [4.78, 5) is 34.7. The van der Waals surface area contributed by atoms with Crippen molar-refractivity contribution in [3.63, 3.8) is 0 Å². The van der Waals surface area contributed by atoms with E-state index in [1.54, 1.807) is 43.4 Å². The van der Waals surface area contributed by atoms with Gasteiger partial charge in [-0.15, -0.1) is 0 Å². The van der Waals surface area contributed by atoms with Gasteiger partial charge >= 0.3 is 0 Å². The molecule has 2 N–H and O–H groups in total. The zero-order valence-electron chi connectivity index (χ0n) is 18.1. The summed E-state index contributed by atoms with van der Waals surface area (Å²) in [5.41, 5.74) is 2.96. The van der Waals surface area contributed by atoms with E-state index in [1.165, 1.54) is 4.90 Å². The summed E-state index contributed by atoms with van der Waals surface area (Å²) in [6, 6.07) is 8.98. The van der Waals surface area contributed by atoms with Gasteiger partial charge in [-0.05, 0) is 39.0 Å². The minimum absolute atomic E-state index is 0.0388. The number of aliphatic hydroxyl groups excluding tert-OH is 1. The minimum Gasteiger partial charge on any atom is -0.395 e. The number of pyridine rings is 1. The number of nitrogens with one attached hydrogen (secondary N) is 1. The number of aliphatic hydroxyl groups is 1. The van der Waals surface area contributed by atoms with Crippen molar-refractivity contribution < 1.29 is 14.7 Å². The van der Waals surface area contributed by atoms with Gasteiger partial charge in [-0.25, -0.2) is 4.98 Å². The van der Waals surface area contributed by atoms with Gasteiger partial charge in [0, 0.05) is 44.0 Å². The van der Waals surface area contributed by atoms with Gasteiger partial charge in [-0.3, -0.25) is 9.59 Å². The van der Waals surface area contributed by atoms with Gasteiger partial charge in [-0.2, -0.15) is 0 Å². The number of aromatic nitrogens is 1. The molecule has 160 valence electrons. The standard InChI is InChI=1S/C22H29N5O3/c1-14(2)27-15(3)21(29)26(5)19-13-23-20(12-18(19)27)24-17-8-6-7-16(11-17)22(30)25(4)9-10-28/h6-8,11-15,28H,9-10H2,1-5H3,(H,23,24). The quantitative estimate of drug-likeness (QED) is 0.759. The summed E-state index contributed by atoms with van der Waals surface area (Å²) < 4.78 is 0. The van der Waals surface area contributed by atoms with Crippen LogP contribution in [0.4, 0.5) is 22.9 Å². The molecular weight excluding hydrogens is 382 g/mol. The lowest BCUT2D eigenvalue weighted by Gasteiger charge is -2.42. The molecule has 0 aliphatic carbocycles. The second kappa shape index (κ2) is 8.71. The smallest absolute Gasteiger partial charge is 0.253 e. The Bertz CT molecular complexity index is 946. The van der Waals surface area contributed by atoms with Crippen molar-refractivity contribution in [3.8, 4) is 0 Å². The number of rotatable bonds is 6. The molecular formula is C22H29N5O3. The van der Waals surface area contributed by atoms with Crippen LogP contribution in [0.5, 0.6) is 0 Å². The molecule has 0 fully saturated rings. The Morgan fingerprint density at radius 2 is 2.03 bits per heavy atom. The van der Waals surface area contributed by atoms with Crippen molar-refractivity contribution in [1.29, 1.82) is 0 Å². The van der Waals surface area contributed by atoms with E-state index in [-0.39, 0.29) is 37.0 Å². The minimum atomic E-state index is -0.263. The molecule has 1 aliphatic heterocycles. The first-order valence-corrected chi connectivity index (χ1v) is 10.0. The summed E-state index contributed by atoms with van der Waals surface area (Å²) in [6.45, 7) is 6.22. The second-order valence-electron chi connectivity index (χ2n) is 7.79. The number of benzene rings is 1. The normalized spacial score (nSPS) is 16.0. The van der Waals surface area contributed by atoms with Crippen LogP contribution in [-0.2, 0) is 4.79 Å². The predicted molar refractivity (Wildman–Crippen MR) is 118 cm³/mol. The fourth-order valence-electron chi connectivity index (χ4n) is 3.77. The lowest BCUT2D eigenvalue weighted by molar-refractivity contribution is -0.119. The van der Waals surface area contributed by atoms with Gasteiger partial charge in [0.15, 0.2) is 0 Å². The number of anilines is 4. The van der Waals surface area contributed by atoms with Crippen LogP contribution < -0.4 is 15.1 Å². The van der Waals surface area contributed by atoms with Crippen LogP contribution in [0.15, 0.2) is 36.5 Å². The molecule has 3 rings (SSSR count). The van der Waals surface area contributed by atoms with Crippen molar-refractivity contribution in [2.45, 2.75) is 32.9 Å². The van der Waals surface area contributed by atoms with Crippen molar-refractivity contribution in [1.82, 2.24) is 9.88 Å². The lowest BCUT2D eigenvalue weighted by atomic mass is 10.1. The molecule has 1 atom stereocenters. The molecule has 0 radical (unpaired) electrons. The average Bonchev–Trinajstić information content (AvgIpc) is 2.71. The van der Waals surface area contributed by atoms with E-state index in [2.05, 4.69) is 29.0 Å². The van der Waals surface area contributed by atoms with Crippen LogP contribution in [0.2, 0.25) is 0 Å². The number of fused-ring (bicyclic) bond motifs is 1. The third-order valence-electron chi connectivity index (χ3n) is 5.33. The molecule has 1 unspecified atom stereocenters. The zero-order valence-corrected chi connectivity index (χ0v) is 18.1. The van der Waals surface area contributed by atoms with Crippen molar-refractivity contribution in [2.24, 2.45) is 0 Å². The van der Waals surface area contributed by atoms with Crippen molar-refractivity contribution >= 4 is 34.7 Å². The molecule has 8 heteroatoms. The Kier molecular flexibility index (Phi) is 6.26. The van der Waals surface area contributed by atoms with Crippen LogP contribution in [0, 0.1) is 0 Å². The number of carbonyl (C=O) groups is 2. The van der Waals surface area contributed by atoms with Crippen LogP contribution in [0.1, 0.15) is 31.1 Å². The first-order valence-electron chi connectivity index (χ1n) is 10.0. The number of likely N-dealkylation sites (N-methyl/N-ethyl adjacent to an activating group) is 2. The SMILES string of the molecule is CC(C)N1c2cc(Nc3cccc(C(=O)N(C)CCO)c3)ncc2N(C)C(=O)C1C. The van der Waals surface area contributed by atoms with Gasteiger partial charge in [0.2, 0.25) is 5.91 Å². The van der Waals surface area contributed by atoms with Gasteiger partial charge in [0.1, 0.15) is 11.9 Å². The van der Waals surface area contributed by atoms with Crippen molar-refractivity contribution in [3.05, 3.63) is 42.1 Å². The molecule has 1 aliphatic rings. The van der Waals surface area contributed by atoms with E-state index in [0.717, 1.165) is 17.1 Å². The number of hydrogen-bond donors (Lipinski definition) is 2. The largest absolute Gasteiger partial charge is 0.395 e. The molecule has 1 aromatic heterocycles. The van der Waals surface area contributed by atoms with Gasteiger partial charge in [0.25, 0.3) is 5.91 Å². The monoisotopic (exact) mass is 411 g/mol. The highest BCUT2D eigenvalue weighted by molar-refractivity contribution is 6.05. The molecule has 30 heavy (non-hydrogen) atoms. The summed E-state index contributed by atoms with van der Waals surface area (Å²) in [6.07, 6.45) is 1.70. The number of hydrogen-bond acceptors (Lipinski definition) is 6. The first-order chi connectivity index (χ1) is 14.2. The Morgan fingerprint density at radius 1 is 1.30 bits per heavy atom. The van der Waals surface area contributed by atoms with E-state index in [1.807, 2.05) is 19.1 Å². The van der Waals surface area contributed by atoms with E-state index in [0.29, 0.717) is 11.4 Å². The highest BCUT2D eigenvalue weighted by Gasteiger charge is 2.35. The van der Waals surface area contributed by atoms with E-state index >= 15 is 0 Å². The Balaban J connectivity index is 1.90. The summed E-state index contributed by atoms with van der Waals surface area (Å²) in [7, 11) is 3.42. The topological polar surface area (TPSA) is 89.0 Å². The van der Waals surface area contributed by atoms with Crippen LogP contribution in [0.25, 0.3) is 0 Å². The Hall–Kier alpha value is -3.13. The summed E-state index contributed by atoms with van der Waals surface area (Å²) in [5, 5.41) is 12.3. The van der Waals surface area contributed by atoms with E-state index in [9.17, 15) is 9.59 Å². The molecule has 0 saturated heterocycles. The van der Waals surface area contributed by atoms with Crippen LogP contribution in [-0.4, -0.2) is 66.1 Å². The van der Waals surface area contributed by atoms with E-state index in [4.69, 9.17) is 5.11 Å². The fourth-order valence-corrected chi connectivity index (χ4v) is 3.77. The molecule has 2 aromatic rings. The maximum Gasteiger partial charge on any atom is 0.253 e. The highest BCUT2D eigenvalue weighted by Crippen LogP contribution is 2.38. The third-order valence-corrected chi connectivity index (χ3v) is 5.33. The second-order valence-corrected chi connectivity index (χ2v) is 7.79. The van der Waals surface area contributed by atoms with Gasteiger partial charge in [0.05, 0.1) is 24.2 Å². The highest BCUT2D eigenvalue weighted by atomic mass is 16.3. The zero-order chi connectivity index (χ0) is 22.0. The fraction of sp³-hybridized carbons (Fsp3) is 0.409. The number of amides is 2. The maximum absolute atomic E-state index is 12.6. The van der Waals surface area contributed by atoms with Crippen LogP contribution >= 0.6 is 0 Å². The average molecular weight is 412 g/mol. The lowest BCUT2D eigenvalue weighted by Crippen LogP contribution is -2.53. The van der Waals surface area contributed by atoms with Gasteiger partial charge in [-0.1, -0.05) is 6.07 Å². The molecule has 8 nitrogen and oxygen atoms in total. The maximum atomic E-state index is 12.6. The molecule has 2 amide bonds. The molecule has 0 spiro atoms. The van der Waals surface area contributed by atoms with Gasteiger partial charge < -0.3 is 25.1 Å². The molecule has 2 heterocycles. The Labute approximate surface area is 177 Å². The first kappa shape index (κ1) is 21.6. The van der Waals surface area contributed by atoms with Crippen molar-refractivity contribution in [2.75, 3.05) is 42.4 Å². The molecule has 0 saturated carbocycles. The molecule has 1 aromatic carbocycles. The number of carbonyl (C=O) groups excluding carboxylic acids is 2. The molecule has 0 bridgehead atoms. The third kappa shape index (κ3) is 4.09. The summed E-state index contributed by atoms with van der Waals surface area (Å²) in [5.74, 6) is 0.505. The number of nitrogens with zero attached hydrogens (tertiary/aromatic N) is 4. The Morgan fingerprint density at radius 3 is 2.70 bits per heavy atom.